The third-order valence-corrected chi connectivity index (χ3v) is 3.14. The first-order chi connectivity index (χ1) is 7.65. The van der Waals surface area contributed by atoms with Crippen molar-refractivity contribution in [2.24, 2.45) is 0 Å². The third-order valence-electron chi connectivity index (χ3n) is 2.57. The lowest BCUT2D eigenvalue weighted by Crippen LogP contribution is -2.38. The molecular weight excluding hydrogens is 276 g/mol. The summed E-state index contributed by atoms with van der Waals surface area (Å²) in [4.78, 5) is 23.4. The molecule has 2 heterocycles. The number of hydrogen-bond acceptors (Lipinski definition) is 4. The Morgan fingerprint density at radius 1 is 1.62 bits per heavy atom. The van der Waals surface area contributed by atoms with Crippen LogP contribution in [0.5, 0.6) is 0 Å². The Morgan fingerprint density at radius 2 is 2.38 bits per heavy atom. The number of methoxy groups -OCH3 is 1. The second-order valence-corrected chi connectivity index (χ2v) is 4.33. The Morgan fingerprint density at radius 3 is 3.06 bits per heavy atom. The first-order valence-corrected chi connectivity index (χ1v) is 5.65. The molecule has 5 nitrogen and oxygen atoms in total. The van der Waals surface area contributed by atoms with E-state index in [4.69, 9.17) is 4.74 Å². The molecule has 1 aliphatic rings. The maximum absolute atomic E-state index is 11.8. The van der Waals surface area contributed by atoms with Gasteiger partial charge in [-0.1, -0.05) is 0 Å². The summed E-state index contributed by atoms with van der Waals surface area (Å²) < 4.78 is 6.69. The largest absolute Gasteiger partial charge is 0.465 e. The highest BCUT2D eigenvalue weighted by molar-refractivity contribution is 9.10. The van der Waals surface area contributed by atoms with E-state index >= 15 is 0 Å². The molecule has 1 aromatic rings. The summed E-state index contributed by atoms with van der Waals surface area (Å²) in [6, 6.07) is 1.52. The normalized spacial score (nSPS) is 14.4. The van der Waals surface area contributed by atoms with Crippen molar-refractivity contribution in [1.29, 1.82) is 0 Å². The summed E-state index contributed by atoms with van der Waals surface area (Å²) in [5.74, 6) is -0.423. The lowest BCUT2D eigenvalue weighted by atomic mass is 10.1. The Balaban J connectivity index is 2.66. The minimum Gasteiger partial charge on any atom is -0.465 e. The minimum atomic E-state index is -0.423. The van der Waals surface area contributed by atoms with Crippen LogP contribution in [0, 0.1) is 0 Å². The summed E-state index contributed by atoms with van der Waals surface area (Å²) in [6.07, 6.45) is 0. The van der Waals surface area contributed by atoms with Crippen molar-refractivity contribution < 1.29 is 9.53 Å². The summed E-state index contributed by atoms with van der Waals surface area (Å²) >= 11 is 3.16. The van der Waals surface area contributed by atoms with Gasteiger partial charge in [-0.25, -0.2) is 4.79 Å². The van der Waals surface area contributed by atoms with Gasteiger partial charge in [0.05, 0.1) is 17.1 Å². The van der Waals surface area contributed by atoms with E-state index in [0.29, 0.717) is 28.8 Å². The average molecular weight is 287 g/mol. The van der Waals surface area contributed by atoms with Crippen molar-refractivity contribution in [3.63, 3.8) is 0 Å². The van der Waals surface area contributed by atoms with E-state index in [9.17, 15) is 9.59 Å². The number of halogens is 1. The van der Waals surface area contributed by atoms with Crippen molar-refractivity contribution in [3.05, 3.63) is 32.2 Å². The number of carbonyl (C=O) groups excluding carboxylic acids is 1. The number of nitrogens with zero attached hydrogens (tertiary/aromatic N) is 1. The third kappa shape index (κ3) is 1.78. The molecule has 0 atom stereocenters. The summed E-state index contributed by atoms with van der Waals surface area (Å²) in [7, 11) is 1.33. The molecule has 16 heavy (non-hydrogen) atoms. The highest BCUT2D eigenvalue weighted by Crippen LogP contribution is 2.15. The maximum Gasteiger partial charge on any atom is 0.339 e. The van der Waals surface area contributed by atoms with Gasteiger partial charge in [-0.15, -0.1) is 0 Å². The molecule has 1 N–H and O–H groups in total. The van der Waals surface area contributed by atoms with Crippen LogP contribution in [0.1, 0.15) is 16.1 Å². The quantitative estimate of drug-likeness (QED) is 0.764. The van der Waals surface area contributed by atoms with Crippen LogP contribution in [0.25, 0.3) is 0 Å². The molecule has 0 aromatic carbocycles. The molecule has 0 amide bonds. The Hall–Kier alpha value is -1.14. The number of hydrogen-bond donors (Lipinski definition) is 1. The van der Waals surface area contributed by atoms with Crippen molar-refractivity contribution in [3.8, 4) is 0 Å². The van der Waals surface area contributed by atoms with Crippen LogP contribution in [0.2, 0.25) is 0 Å². The van der Waals surface area contributed by atoms with E-state index in [-0.39, 0.29) is 5.56 Å². The first kappa shape index (κ1) is 11.3. The van der Waals surface area contributed by atoms with Gasteiger partial charge in [0.1, 0.15) is 0 Å². The fourth-order valence-corrected chi connectivity index (χ4v) is 2.22. The maximum atomic E-state index is 11.8. The zero-order valence-corrected chi connectivity index (χ0v) is 10.3. The van der Waals surface area contributed by atoms with Crippen LogP contribution in [0.4, 0.5) is 0 Å². The van der Waals surface area contributed by atoms with Gasteiger partial charge in [0, 0.05) is 25.3 Å². The van der Waals surface area contributed by atoms with E-state index < -0.39 is 5.97 Å². The van der Waals surface area contributed by atoms with Crippen LogP contribution in [0.3, 0.4) is 0 Å². The van der Waals surface area contributed by atoms with Crippen molar-refractivity contribution in [2.45, 2.75) is 13.1 Å². The lowest BCUT2D eigenvalue weighted by Gasteiger charge is -2.21. The van der Waals surface area contributed by atoms with Gasteiger partial charge in [0.25, 0.3) is 5.56 Å². The van der Waals surface area contributed by atoms with Crippen molar-refractivity contribution in [2.75, 3.05) is 13.7 Å². The molecular formula is C10H11BrN2O3. The molecule has 0 unspecified atom stereocenters. The second-order valence-electron chi connectivity index (χ2n) is 3.48. The number of ether oxygens (including phenoxy) is 1. The number of fused-ring (bicyclic) bond motifs is 1. The molecule has 0 fully saturated rings. The summed E-state index contributed by atoms with van der Waals surface area (Å²) in [6.45, 7) is 1.80. The fourth-order valence-electron chi connectivity index (χ4n) is 1.78. The highest BCUT2D eigenvalue weighted by Gasteiger charge is 2.20. The lowest BCUT2D eigenvalue weighted by molar-refractivity contribution is 0.0597. The van der Waals surface area contributed by atoms with Crippen LogP contribution < -0.4 is 10.9 Å². The molecule has 0 aliphatic carbocycles. The zero-order valence-electron chi connectivity index (χ0n) is 8.75. The van der Waals surface area contributed by atoms with Crippen LogP contribution in [-0.4, -0.2) is 24.2 Å². The predicted octanol–water partition coefficient (Wildman–Crippen LogP) is 0.501. The van der Waals surface area contributed by atoms with E-state index in [2.05, 4.69) is 21.2 Å². The second kappa shape index (κ2) is 4.39. The molecule has 0 saturated carbocycles. The molecule has 2 rings (SSSR count). The smallest absolute Gasteiger partial charge is 0.339 e. The number of esters is 1. The topological polar surface area (TPSA) is 60.3 Å². The van der Waals surface area contributed by atoms with Gasteiger partial charge in [-0.3, -0.25) is 4.79 Å². The monoisotopic (exact) mass is 286 g/mol. The average Bonchev–Trinajstić information content (AvgIpc) is 2.33. The van der Waals surface area contributed by atoms with Gasteiger partial charge in [0.15, 0.2) is 0 Å². The standard InChI is InChI=1S/C10H11BrN2O3/c1-16-10(15)6-4-7(11)9(14)13-3-2-12-5-8(6)13/h4,12H,2-3,5H2,1H3. The molecule has 86 valence electrons. The van der Waals surface area contributed by atoms with Crippen LogP contribution >= 0.6 is 15.9 Å². The van der Waals surface area contributed by atoms with Gasteiger partial charge in [-0.05, 0) is 22.0 Å². The van der Waals surface area contributed by atoms with E-state index in [1.807, 2.05) is 0 Å². The van der Waals surface area contributed by atoms with Gasteiger partial charge >= 0.3 is 5.97 Å². The molecule has 0 bridgehead atoms. The van der Waals surface area contributed by atoms with Crippen molar-refractivity contribution in [1.82, 2.24) is 9.88 Å². The molecule has 1 aliphatic heterocycles. The fraction of sp³-hybridized carbons (Fsp3) is 0.400. The molecule has 0 spiro atoms. The SMILES string of the molecule is COC(=O)c1cc(Br)c(=O)n2c1CNCC2. The number of nitrogens with one attached hydrogen (secondary N) is 1. The van der Waals surface area contributed by atoms with Crippen LogP contribution in [-0.2, 0) is 17.8 Å². The van der Waals surface area contributed by atoms with Gasteiger partial charge in [0.2, 0.25) is 0 Å². The number of aromatic nitrogens is 1. The van der Waals surface area contributed by atoms with Gasteiger partial charge in [-0.2, -0.15) is 0 Å². The highest BCUT2D eigenvalue weighted by atomic mass is 79.9. The van der Waals surface area contributed by atoms with Crippen LogP contribution in [0.15, 0.2) is 15.3 Å². The first-order valence-electron chi connectivity index (χ1n) is 4.86. The predicted molar refractivity (Wildman–Crippen MR) is 61.4 cm³/mol. The number of pyridine rings is 1. The molecule has 6 heteroatoms. The van der Waals surface area contributed by atoms with Gasteiger partial charge < -0.3 is 14.6 Å². The minimum absolute atomic E-state index is 0.107. The summed E-state index contributed by atoms with van der Waals surface area (Å²) in [5.41, 5.74) is 1.01. The number of rotatable bonds is 1. The summed E-state index contributed by atoms with van der Waals surface area (Å²) in [5, 5.41) is 3.12. The number of carbonyl (C=O) groups is 1. The molecule has 0 radical (unpaired) electrons. The van der Waals surface area contributed by atoms with E-state index in [1.54, 1.807) is 4.57 Å². The molecule has 0 saturated heterocycles. The Kier molecular flexibility index (Phi) is 3.11. The van der Waals surface area contributed by atoms with Crippen molar-refractivity contribution >= 4 is 21.9 Å². The van der Waals surface area contributed by atoms with E-state index in [1.165, 1.54) is 13.2 Å². The van der Waals surface area contributed by atoms with E-state index in [0.717, 1.165) is 6.54 Å². The Bertz CT molecular complexity index is 496. The molecule has 1 aromatic heterocycles. The Labute approximate surface area is 101 Å². The zero-order chi connectivity index (χ0) is 11.7.